The molecular formula is C41H23N5O. The maximum Gasteiger partial charge on any atom is 0.159 e. The summed E-state index contributed by atoms with van der Waals surface area (Å²) in [5.74, 6) is 0.644. The molecule has 5 heterocycles. The molecule has 10 aromatic rings. The lowest BCUT2D eigenvalue weighted by atomic mass is 9.97. The number of hydrogen-bond donors (Lipinski definition) is 0. The van der Waals surface area contributed by atoms with Crippen molar-refractivity contribution in [2.45, 2.75) is 0 Å². The standard InChI is InChI=1S/C41H23N5O/c1-3-12-34-32(11-1)36-33(17-16-31-29-10-2-4-13-35(29)47-40(31)36)37(46-34)25-7-5-8-26(21-25)41-44-22-27(23-45-41)28-18-20-43-39-30(28)15-14-24-9-6-19-42-38(24)39/h1-23H. The van der Waals surface area contributed by atoms with Gasteiger partial charge in [0.05, 0.1) is 22.2 Å². The van der Waals surface area contributed by atoms with Crippen LogP contribution in [0.4, 0.5) is 0 Å². The molecule has 0 aliphatic heterocycles. The quantitative estimate of drug-likeness (QED) is 0.188. The average Bonchev–Trinajstić information content (AvgIpc) is 3.53. The lowest BCUT2D eigenvalue weighted by molar-refractivity contribution is 0.673. The second-order valence-corrected chi connectivity index (χ2v) is 11.7. The van der Waals surface area contributed by atoms with Crippen molar-refractivity contribution in [3.63, 3.8) is 0 Å². The van der Waals surface area contributed by atoms with Crippen molar-refractivity contribution in [1.29, 1.82) is 0 Å². The molecule has 0 N–H and O–H groups in total. The molecule has 0 radical (unpaired) electrons. The van der Waals surface area contributed by atoms with Gasteiger partial charge in [0.25, 0.3) is 0 Å². The third-order valence-electron chi connectivity index (χ3n) is 9.05. The van der Waals surface area contributed by atoms with Crippen LogP contribution in [0.1, 0.15) is 0 Å². The summed E-state index contributed by atoms with van der Waals surface area (Å²) in [6.45, 7) is 0. The highest BCUT2D eigenvalue weighted by Gasteiger charge is 2.18. The maximum absolute atomic E-state index is 6.50. The van der Waals surface area contributed by atoms with Crippen molar-refractivity contribution < 1.29 is 4.42 Å². The Morgan fingerprint density at radius 2 is 1.28 bits per heavy atom. The van der Waals surface area contributed by atoms with Gasteiger partial charge in [-0.15, -0.1) is 0 Å². The summed E-state index contributed by atoms with van der Waals surface area (Å²) in [7, 11) is 0. The molecule has 6 nitrogen and oxygen atoms in total. The first-order chi connectivity index (χ1) is 23.3. The number of rotatable bonds is 3. The summed E-state index contributed by atoms with van der Waals surface area (Å²) < 4.78 is 6.50. The fourth-order valence-corrected chi connectivity index (χ4v) is 6.86. The summed E-state index contributed by atoms with van der Waals surface area (Å²) in [4.78, 5) is 24.1. The summed E-state index contributed by atoms with van der Waals surface area (Å²) >= 11 is 0. The van der Waals surface area contributed by atoms with Crippen LogP contribution in [-0.2, 0) is 0 Å². The highest BCUT2D eigenvalue weighted by Crippen LogP contribution is 2.41. The number of hydrogen-bond acceptors (Lipinski definition) is 6. The fourth-order valence-electron chi connectivity index (χ4n) is 6.86. The molecule has 0 aliphatic rings. The van der Waals surface area contributed by atoms with Crippen molar-refractivity contribution in [2.75, 3.05) is 0 Å². The summed E-state index contributed by atoms with van der Waals surface area (Å²) in [6.07, 6.45) is 7.39. The Kier molecular flexibility index (Phi) is 5.48. The van der Waals surface area contributed by atoms with Crippen molar-refractivity contribution in [3.8, 4) is 33.8 Å². The van der Waals surface area contributed by atoms with E-state index in [1.807, 2.05) is 61.1 Å². The molecule has 10 rings (SSSR count). The molecule has 218 valence electrons. The van der Waals surface area contributed by atoms with Gasteiger partial charge in [0, 0.05) is 79.2 Å². The number of pyridine rings is 3. The van der Waals surface area contributed by atoms with E-state index >= 15 is 0 Å². The Balaban J connectivity index is 1.10. The van der Waals surface area contributed by atoms with E-state index in [0.29, 0.717) is 5.82 Å². The van der Waals surface area contributed by atoms with Crippen molar-refractivity contribution in [2.24, 2.45) is 0 Å². The number of fused-ring (bicyclic) bond motifs is 10. The third-order valence-corrected chi connectivity index (χ3v) is 9.05. The molecule has 0 atom stereocenters. The Labute approximate surface area is 268 Å². The van der Waals surface area contributed by atoms with Gasteiger partial charge in [0.2, 0.25) is 0 Å². The van der Waals surface area contributed by atoms with Gasteiger partial charge in [-0.2, -0.15) is 0 Å². The van der Waals surface area contributed by atoms with Crippen molar-refractivity contribution in [1.82, 2.24) is 24.9 Å². The topological polar surface area (TPSA) is 77.6 Å². The van der Waals surface area contributed by atoms with Crippen LogP contribution in [0, 0.1) is 0 Å². The Hall–Kier alpha value is -6.53. The number of furan rings is 1. The van der Waals surface area contributed by atoms with Crippen molar-refractivity contribution in [3.05, 3.63) is 140 Å². The highest BCUT2D eigenvalue weighted by atomic mass is 16.3. The van der Waals surface area contributed by atoms with E-state index in [1.54, 1.807) is 6.20 Å². The lowest BCUT2D eigenvalue weighted by Crippen LogP contribution is -1.93. The predicted octanol–water partition coefficient (Wildman–Crippen LogP) is 10.2. The van der Waals surface area contributed by atoms with Gasteiger partial charge in [-0.05, 0) is 42.0 Å². The maximum atomic E-state index is 6.50. The zero-order valence-corrected chi connectivity index (χ0v) is 24.9. The van der Waals surface area contributed by atoms with Gasteiger partial charge in [0.15, 0.2) is 5.82 Å². The largest absolute Gasteiger partial charge is 0.455 e. The highest BCUT2D eigenvalue weighted by molar-refractivity contribution is 6.24. The minimum atomic E-state index is 0.644. The van der Waals surface area contributed by atoms with Crippen molar-refractivity contribution >= 4 is 65.4 Å². The Morgan fingerprint density at radius 3 is 2.21 bits per heavy atom. The monoisotopic (exact) mass is 601 g/mol. The van der Waals surface area contributed by atoms with Crippen LogP contribution in [0.25, 0.3) is 99.2 Å². The van der Waals surface area contributed by atoms with Gasteiger partial charge >= 0.3 is 0 Å². The van der Waals surface area contributed by atoms with Crippen LogP contribution >= 0.6 is 0 Å². The summed E-state index contributed by atoms with van der Waals surface area (Å²) in [5, 5.41) is 7.46. The van der Waals surface area contributed by atoms with E-state index in [4.69, 9.17) is 19.4 Å². The molecule has 47 heavy (non-hydrogen) atoms. The molecule has 5 aromatic heterocycles. The Morgan fingerprint density at radius 1 is 0.489 bits per heavy atom. The van der Waals surface area contributed by atoms with Gasteiger partial charge in [0.1, 0.15) is 11.2 Å². The molecule has 0 spiro atoms. The van der Waals surface area contributed by atoms with Crippen LogP contribution in [0.5, 0.6) is 0 Å². The predicted molar refractivity (Wildman–Crippen MR) is 189 cm³/mol. The van der Waals surface area contributed by atoms with E-state index < -0.39 is 0 Å². The third kappa shape index (κ3) is 3.95. The molecule has 0 fully saturated rings. The molecule has 6 heteroatoms. The zero-order valence-electron chi connectivity index (χ0n) is 24.9. The van der Waals surface area contributed by atoms with E-state index in [0.717, 1.165) is 93.4 Å². The second-order valence-electron chi connectivity index (χ2n) is 11.7. The lowest BCUT2D eigenvalue weighted by Gasteiger charge is -2.12. The van der Waals surface area contributed by atoms with Gasteiger partial charge in [-0.1, -0.05) is 78.9 Å². The summed E-state index contributed by atoms with van der Waals surface area (Å²) in [5.41, 5.74) is 9.17. The second kappa shape index (κ2) is 9.99. The molecule has 0 saturated carbocycles. The molecule has 5 aromatic carbocycles. The SMILES string of the molecule is c1cc(-c2ncc(-c3ccnc4c3ccc3cccnc34)cn2)cc(-c2nc3ccccc3c3c2ccc2c4ccccc4oc23)c1. The first-order valence-corrected chi connectivity index (χ1v) is 15.5. The van der Waals surface area contributed by atoms with Gasteiger partial charge in [-0.25, -0.2) is 15.0 Å². The van der Waals surface area contributed by atoms with E-state index in [2.05, 4.69) is 82.8 Å². The number of benzene rings is 5. The number of nitrogens with zero attached hydrogens (tertiary/aromatic N) is 5. The Bertz CT molecular complexity index is 2860. The van der Waals surface area contributed by atoms with Crippen LogP contribution in [0.15, 0.2) is 144 Å². The zero-order chi connectivity index (χ0) is 30.9. The first-order valence-electron chi connectivity index (χ1n) is 15.5. The normalized spacial score (nSPS) is 11.8. The van der Waals surface area contributed by atoms with Gasteiger partial charge < -0.3 is 4.42 Å². The van der Waals surface area contributed by atoms with Crippen LogP contribution in [0.3, 0.4) is 0 Å². The van der Waals surface area contributed by atoms with Crippen LogP contribution < -0.4 is 0 Å². The van der Waals surface area contributed by atoms with Gasteiger partial charge in [-0.3, -0.25) is 9.97 Å². The molecule has 0 unspecified atom stereocenters. The van der Waals surface area contributed by atoms with E-state index in [1.165, 1.54) is 0 Å². The molecule has 0 bridgehead atoms. The van der Waals surface area contributed by atoms with Crippen LogP contribution in [-0.4, -0.2) is 24.9 Å². The van der Waals surface area contributed by atoms with Crippen LogP contribution in [0.2, 0.25) is 0 Å². The smallest absolute Gasteiger partial charge is 0.159 e. The molecule has 0 saturated heterocycles. The molecular weight excluding hydrogens is 578 g/mol. The average molecular weight is 602 g/mol. The number of aromatic nitrogens is 5. The fraction of sp³-hybridized carbons (Fsp3) is 0. The summed E-state index contributed by atoms with van der Waals surface area (Å²) in [6, 6.07) is 39.3. The first kappa shape index (κ1) is 25.8. The number of para-hydroxylation sites is 2. The van der Waals surface area contributed by atoms with E-state index in [9.17, 15) is 0 Å². The molecule has 0 aliphatic carbocycles. The minimum Gasteiger partial charge on any atom is -0.455 e. The minimum absolute atomic E-state index is 0.644. The molecule has 0 amide bonds. The van der Waals surface area contributed by atoms with E-state index in [-0.39, 0.29) is 0 Å².